The Bertz CT molecular complexity index is 684. The molecule has 0 spiro atoms. The largest absolute Gasteiger partial charge is 0.293 e. The Morgan fingerprint density at radius 1 is 1.20 bits per heavy atom. The highest BCUT2D eigenvalue weighted by Crippen LogP contribution is 2.36. The number of hydrogen-bond donors (Lipinski definition) is 0. The standard InChI is InChI=1S/C15H14ClN3O/c1-9-3-5-12(19-18-9)15(2)8-7-11-10(14(15)20)4-6-13(16)17-11/h3-6H,7-8H2,1-2H3. The van der Waals surface area contributed by atoms with Crippen molar-refractivity contribution in [3.63, 3.8) is 0 Å². The number of rotatable bonds is 1. The molecule has 4 nitrogen and oxygen atoms in total. The van der Waals surface area contributed by atoms with Gasteiger partial charge < -0.3 is 0 Å². The van der Waals surface area contributed by atoms with Crippen molar-refractivity contribution in [2.75, 3.05) is 0 Å². The first kappa shape index (κ1) is 13.2. The number of aromatic nitrogens is 3. The average Bonchev–Trinajstić information content (AvgIpc) is 2.44. The van der Waals surface area contributed by atoms with Crippen molar-refractivity contribution in [3.8, 4) is 0 Å². The number of hydrogen-bond acceptors (Lipinski definition) is 4. The summed E-state index contributed by atoms with van der Waals surface area (Å²) >= 11 is 5.89. The van der Waals surface area contributed by atoms with E-state index in [0.717, 1.165) is 11.4 Å². The Kier molecular flexibility index (Phi) is 3.05. The van der Waals surface area contributed by atoms with Crippen molar-refractivity contribution in [1.82, 2.24) is 15.2 Å². The molecular weight excluding hydrogens is 274 g/mol. The minimum absolute atomic E-state index is 0.0427. The second kappa shape index (κ2) is 4.63. The summed E-state index contributed by atoms with van der Waals surface area (Å²) in [4.78, 5) is 17.0. The maximum atomic E-state index is 12.8. The van der Waals surface area contributed by atoms with Crippen LogP contribution in [-0.4, -0.2) is 21.0 Å². The molecule has 1 unspecified atom stereocenters. The van der Waals surface area contributed by atoms with E-state index in [1.807, 2.05) is 26.0 Å². The number of Topliss-reactive ketones (excluding diaryl/α,β-unsaturated/α-hetero) is 1. The van der Waals surface area contributed by atoms with Crippen LogP contribution in [-0.2, 0) is 11.8 Å². The molecule has 1 aliphatic rings. The van der Waals surface area contributed by atoms with Gasteiger partial charge in [-0.25, -0.2) is 4.98 Å². The topological polar surface area (TPSA) is 55.7 Å². The number of fused-ring (bicyclic) bond motifs is 1. The summed E-state index contributed by atoms with van der Waals surface area (Å²) in [6, 6.07) is 7.18. The molecule has 2 aromatic rings. The zero-order valence-corrected chi connectivity index (χ0v) is 12.1. The number of carbonyl (C=O) groups is 1. The number of carbonyl (C=O) groups excluding carboxylic acids is 1. The lowest BCUT2D eigenvalue weighted by Gasteiger charge is -2.31. The molecule has 0 amide bonds. The van der Waals surface area contributed by atoms with Crippen LogP contribution in [0.2, 0.25) is 5.15 Å². The zero-order valence-electron chi connectivity index (χ0n) is 11.4. The molecule has 3 rings (SSSR count). The summed E-state index contributed by atoms with van der Waals surface area (Å²) in [6.07, 6.45) is 1.39. The van der Waals surface area contributed by atoms with Crippen LogP contribution in [0.15, 0.2) is 24.3 Å². The summed E-state index contributed by atoms with van der Waals surface area (Å²) in [5.74, 6) is 0.0427. The molecule has 0 aromatic carbocycles. The number of ketones is 1. The normalized spacial score (nSPS) is 21.6. The summed E-state index contributed by atoms with van der Waals surface area (Å²) < 4.78 is 0. The van der Waals surface area contributed by atoms with Gasteiger partial charge in [-0.1, -0.05) is 11.6 Å². The maximum absolute atomic E-state index is 12.8. The second-order valence-electron chi connectivity index (χ2n) is 5.35. The fourth-order valence-electron chi connectivity index (χ4n) is 2.59. The van der Waals surface area contributed by atoms with Crippen molar-refractivity contribution < 1.29 is 4.79 Å². The third kappa shape index (κ3) is 2.00. The van der Waals surface area contributed by atoms with E-state index in [0.29, 0.717) is 29.3 Å². The highest BCUT2D eigenvalue weighted by Gasteiger charge is 2.41. The van der Waals surface area contributed by atoms with Crippen LogP contribution >= 0.6 is 11.6 Å². The van der Waals surface area contributed by atoms with E-state index in [-0.39, 0.29) is 5.78 Å². The highest BCUT2D eigenvalue weighted by atomic mass is 35.5. The lowest BCUT2D eigenvalue weighted by molar-refractivity contribution is 0.0869. The van der Waals surface area contributed by atoms with Gasteiger partial charge in [-0.05, 0) is 51.0 Å². The van der Waals surface area contributed by atoms with Crippen LogP contribution in [0.5, 0.6) is 0 Å². The molecule has 0 saturated carbocycles. The van der Waals surface area contributed by atoms with Crippen LogP contribution < -0.4 is 0 Å². The molecule has 0 radical (unpaired) electrons. The van der Waals surface area contributed by atoms with Gasteiger partial charge in [0, 0.05) is 5.56 Å². The van der Waals surface area contributed by atoms with E-state index in [1.165, 1.54) is 0 Å². The quantitative estimate of drug-likeness (QED) is 0.757. The van der Waals surface area contributed by atoms with Gasteiger partial charge in [0.05, 0.1) is 22.5 Å². The van der Waals surface area contributed by atoms with Gasteiger partial charge in [-0.3, -0.25) is 4.79 Å². The highest BCUT2D eigenvalue weighted by molar-refractivity contribution is 6.29. The van der Waals surface area contributed by atoms with Crippen molar-refractivity contribution in [2.45, 2.75) is 32.1 Å². The first-order valence-electron chi connectivity index (χ1n) is 6.52. The molecule has 1 atom stereocenters. The van der Waals surface area contributed by atoms with Crippen molar-refractivity contribution in [2.24, 2.45) is 0 Å². The van der Waals surface area contributed by atoms with Crippen LogP contribution in [0.3, 0.4) is 0 Å². The van der Waals surface area contributed by atoms with Gasteiger partial charge >= 0.3 is 0 Å². The van der Waals surface area contributed by atoms with E-state index in [4.69, 9.17) is 11.6 Å². The first-order valence-corrected chi connectivity index (χ1v) is 6.89. The van der Waals surface area contributed by atoms with Gasteiger partial charge in [-0.15, -0.1) is 0 Å². The monoisotopic (exact) mass is 287 g/mol. The molecule has 0 fully saturated rings. The number of halogens is 1. The van der Waals surface area contributed by atoms with E-state index in [2.05, 4.69) is 15.2 Å². The van der Waals surface area contributed by atoms with Gasteiger partial charge in [-0.2, -0.15) is 10.2 Å². The molecule has 5 heteroatoms. The van der Waals surface area contributed by atoms with Crippen molar-refractivity contribution in [1.29, 1.82) is 0 Å². The Labute approximate surface area is 122 Å². The van der Waals surface area contributed by atoms with Gasteiger partial charge in [0.15, 0.2) is 5.78 Å². The predicted molar refractivity (Wildman–Crippen MR) is 76.0 cm³/mol. The lowest BCUT2D eigenvalue weighted by atomic mass is 9.71. The van der Waals surface area contributed by atoms with Gasteiger partial charge in [0.25, 0.3) is 0 Å². The Balaban J connectivity index is 2.06. The Morgan fingerprint density at radius 2 is 2.00 bits per heavy atom. The molecule has 0 N–H and O–H groups in total. The van der Waals surface area contributed by atoms with Crippen LogP contribution in [0.4, 0.5) is 0 Å². The minimum Gasteiger partial charge on any atom is -0.293 e. The molecule has 0 saturated heterocycles. The fraction of sp³-hybridized carbons (Fsp3) is 0.333. The van der Waals surface area contributed by atoms with Crippen LogP contribution in [0, 0.1) is 6.92 Å². The average molecular weight is 288 g/mol. The van der Waals surface area contributed by atoms with Gasteiger partial charge in [0.2, 0.25) is 0 Å². The zero-order chi connectivity index (χ0) is 14.3. The SMILES string of the molecule is Cc1ccc(C2(C)CCc3nc(Cl)ccc3C2=O)nn1. The van der Waals surface area contributed by atoms with E-state index in [1.54, 1.807) is 12.1 Å². The van der Waals surface area contributed by atoms with E-state index in [9.17, 15) is 4.79 Å². The lowest BCUT2D eigenvalue weighted by Crippen LogP contribution is -2.38. The summed E-state index contributed by atoms with van der Waals surface area (Å²) in [5, 5.41) is 8.69. The Hall–Kier alpha value is -1.81. The second-order valence-corrected chi connectivity index (χ2v) is 5.74. The molecule has 0 bridgehead atoms. The smallest absolute Gasteiger partial charge is 0.176 e. The molecular formula is C15H14ClN3O. The van der Waals surface area contributed by atoms with Crippen LogP contribution in [0.1, 0.15) is 40.8 Å². The van der Waals surface area contributed by atoms with E-state index < -0.39 is 5.41 Å². The number of pyridine rings is 1. The molecule has 102 valence electrons. The van der Waals surface area contributed by atoms with Crippen molar-refractivity contribution >= 4 is 17.4 Å². The third-order valence-corrected chi connectivity index (χ3v) is 4.12. The van der Waals surface area contributed by atoms with Crippen LogP contribution in [0.25, 0.3) is 0 Å². The van der Waals surface area contributed by atoms with Crippen molar-refractivity contribution in [3.05, 3.63) is 52.1 Å². The molecule has 20 heavy (non-hydrogen) atoms. The third-order valence-electron chi connectivity index (χ3n) is 3.91. The minimum atomic E-state index is -0.636. The Morgan fingerprint density at radius 3 is 2.70 bits per heavy atom. The summed E-state index contributed by atoms with van der Waals surface area (Å²) in [6.45, 7) is 3.80. The summed E-state index contributed by atoms with van der Waals surface area (Å²) in [7, 11) is 0. The molecule has 1 aliphatic carbocycles. The van der Waals surface area contributed by atoms with E-state index >= 15 is 0 Å². The number of aryl methyl sites for hydroxylation is 2. The maximum Gasteiger partial charge on any atom is 0.176 e. The first-order chi connectivity index (χ1) is 9.50. The molecule has 2 heterocycles. The molecule has 0 aliphatic heterocycles. The summed E-state index contributed by atoms with van der Waals surface area (Å²) in [5.41, 5.74) is 2.34. The fourth-order valence-corrected chi connectivity index (χ4v) is 2.75. The molecule has 2 aromatic heterocycles. The predicted octanol–water partition coefficient (Wildman–Crippen LogP) is 2.92. The van der Waals surface area contributed by atoms with Gasteiger partial charge in [0.1, 0.15) is 5.15 Å². The number of nitrogens with zero attached hydrogens (tertiary/aromatic N) is 3.